The van der Waals surface area contributed by atoms with Gasteiger partial charge in [-0.05, 0) is 37.7 Å². The third-order valence-corrected chi connectivity index (χ3v) is 3.12. The van der Waals surface area contributed by atoms with Crippen molar-refractivity contribution in [3.05, 3.63) is 63.5 Å². The zero-order valence-corrected chi connectivity index (χ0v) is 12.1. The van der Waals surface area contributed by atoms with Crippen LogP contribution in [0.2, 0.25) is 0 Å². The van der Waals surface area contributed by atoms with E-state index in [4.69, 9.17) is 5.73 Å². The van der Waals surface area contributed by atoms with Crippen molar-refractivity contribution in [2.75, 3.05) is 12.8 Å². The Kier molecular flexibility index (Phi) is 4.49. The molecular weight excluding hydrogens is 268 g/mol. The Labute approximate surface area is 123 Å². The topological polar surface area (TPSA) is 85.3 Å². The highest BCUT2D eigenvalue weighted by atomic mass is 16.6. The first-order valence-electron chi connectivity index (χ1n) is 6.59. The molecule has 2 rings (SSSR count). The summed E-state index contributed by atoms with van der Waals surface area (Å²) in [5.41, 5.74) is 8.76. The van der Waals surface area contributed by atoms with Gasteiger partial charge in [-0.2, -0.15) is 0 Å². The molecule has 0 fully saturated rings. The Morgan fingerprint density at radius 3 is 2.67 bits per heavy atom. The lowest BCUT2D eigenvalue weighted by Gasteiger charge is -2.16. The maximum absolute atomic E-state index is 10.7. The van der Waals surface area contributed by atoms with E-state index in [2.05, 4.69) is 9.88 Å². The van der Waals surface area contributed by atoms with Crippen molar-refractivity contribution in [3.8, 4) is 0 Å². The van der Waals surface area contributed by atoms with Crippen LogP contribution < -0.4 is 5.73 Å². The molecule has 0 saturated heterocycles. The Bertz CT molecular complexity index is 658. The van der Waals surface area contributed by atoms with E-state index in [-0.39, 0.29) is 11.4 Å². The first kappa shape index (κ1) is 14.9. The average molecular weight is 286 g/mol. The van der Waals surface area contributed by atoms with E-state index in [1.165, 1.54) is 6.07 Å². The standard InChI is InChI=1S/C15H18N4O2/c1-11-4-3-5-13(17-11)10-18(2)9-12-6-7-15(19(20)21)14(16)8-12/h3-8H,9-10,16H2,1-2H3. The van der Waals surface area contributed by atoms with E-state index >= 15 is 0 Å². The molecule has 0 spiro atoms. The molecule has 0 atom stereocenters. The van der Waals surface area contributed by atoms with Gasteiger partial charge in [-0.1, -0.05) is 12.1 Å². The molecule has 0 aliphatic carbocycles. The van der Waals surface area contributed by atoms with Crippen LogP contribution in [0.3, 0.4) is 0 Å². The van der Waals surface area contributed by atoms with Crippen LogP contribution in [0.25, 0.3) is 0 Å². The van der Waals surface area contributed by atoms with Gasteiger partial charge < -0.3 is 5.73 Å². The average Bonchev–Trinajstić information content (AvgIpc) is 2.38. The first-order valence-corrected chi connectivity index (χ1v) is 6.59. The molecule has 0 aliphatic rings. The second kappa shape index (κ2) is 6.32. The first-order chi connectivity index (χ1) is 9.95. The summed E-state index contributed by atoms with van der Waals surface area (Å²) in [6.07, 6.45) is 0. The van der Waals surface area contributed by atoms with E-state index in [0.29, 0.717) is 13.1 Å². The third kappa shape index (κ3) is 4.00. The van der Waals surface area contributed by atoms with Gasteiger partial charge >= 0.3 is 0 Å². The lowest BCUT2D eigenvalue weighted by atomic mass is 10.1. The summed E-state index contributed by atoms with van der Waals surface area (Å²) in [7, 11) is 1.97. The molecule has 1 aromatic heterocycles. The molecular formula is C15H18N4O2. The van der Waals surface area contributed by atoms with Crippen LogP contribution in [0, 0.1) is 17.0 Å². The number of nitro groups is 1. The lowest BCUT2D eigenvalue weighted by Crippen LogP contribution is -2.18. The Morgan fingerprint density at radius 1 is 1.29 bits per heavy atom. The number of nitrogen functional groups attached to an aromatic ring is 1. The molecule has 2 aromatic rings. The van der Waals surface area contributed by atoms with Crippen LogP contribution in [0.5, 0.6) is 0 Å². The number of aromatic nitrogens is 1. The van der Waals surface area contributed by atoms with Gasteiger partial charge in [0.15, 0.2) is 0 Å². The van der Waals surface area contributed by atoms with Gasteiger partial charge in [0.25, 0.3) is 5.69 Å². The monoisotopic (exact) mass is 286 g/mol. The van der Waals surface area contributed by atoms with E-state index < -0.39 is 4.92 Å². The number of rotatable bonds is 5. The summed E-state index contributed by atoms with van der Waals surface area (Å²) in [6.45, 7) is 3.32. The minimum atomic E-state index is -0.473. The van der Waals surface area contributed by atoms with Crippen LogP contribution >= 0.6 is 0 Å². The minimum absolute atomic E-state index is 0.0539. The molecule has 0 radical (unpaired) electrons. The number of pyridine rings is 1. The molecule has 0 bridgehead atoms. The van der Waals surface area contributed by atoms with Crippen molar-refractivity contribution in [3.63, 3.8) is 0 Å². The predicted octanol–water partition coefficient (Wildman–Crippen LogP) is 2.51. The fraction of sp³-hybridized carbons (Fsp3) is 0.267. The van der Waals surface area contributed by atoms with Crippen molar-refractivity contribution in [2.45, 2.75) is 20.0 Å². The van der Waals surface area contributed by atoms with Crippen LogP contribution in [0.4, 0.5) is 11.4 Å². The quantitative estimate of drug-likeness (QED) is 0.518. The number of nitrogens with two attached hydrogens (primary N) is 1. The number of hydrogen-bond acceptors (Lipinski definition) is 5. The van der Waals surface area contributed by atoms with E-state index in [1.807, 2.05) is 32.2 Å². The molecule has 1 aromatic carbocycles. The van der Waals surface area contributed by atoms with Crippen LogP contribution in [0.1, 0.15) is 17.0 Å². The van der Waals surface area contributed by atoms with Gasteiger partial charge in [0.05, 0.1) is 10.6 Å². The van der Waals surface area contributed by atoms with Crippen molar-refractivity contribution >= 4 is 11.4 Å². The van der Waals surface area contributed by atoms with Crippen molar-refractivity contribution < 1.29 is 4.92 Å². The van der Waals surface area contributed by atoms with E-state index in [0.717, 1.165) is 17.0 Å². The number of hydrogen-bond donors (Lipinski definition) is 1. The number of anilines is 1. The Hall–Kier alpha value is -2.47. The van der Waals surface area contributed by atoms with Gasteiger partial charge in [-0.3, -0.25) is 20.0 Å². The summed E-state index contributed by atoms with van der Waals surface area (Å²) in [4.78, 5) is 16.8. The Morgan fingerprint density at radius 2 is 2.05 bits per heavy atom. The van der Waals surface area contributed by atoms with Crippen molar-refractivity contribution in [1.82, 2.24) is 9.88 Å². The van der Waals surface area contributed by atoms with Gasteiger partial charge in [-0.15, -0.1) is 0 Å². The maximum atomic E-state index is 10.7. The minimum Gasteiger partial charge on any atom is -0.393 e. The maximum Gasteiger partial charge on any atom is 0.292 e. The van der Waals surface area contributed by atoms with Crippen molar-refractivity contribution in [1.29, 1.82) is 0 Å². The summed E-state index contributed by atoms with van der Waals surface area (Å²) >= 11 is 0. The molecule has 0 aliphatic heterocycles. The number of nitro benzene ring substituents is 1. The molecule has 0 saturated carbocycles. The van der Waals surface area contributed by atoms with Crippen LogP contribution in [-0.4, -0.2) is 21.9 Å². The van der Waals surface area contributed by atoms with Gasteiger partial charge in [0.2, 0.25) is 0 Å². The molecule has 2 N–H and O–H groups in total. The second-order valence-corrected chi connectivity index (χ2v) is 5.09. The Balaban J connectivity index is 2.04. The fourth-order valence-electron chi connectivity index (χ4n) is 2.20. The molecule has 0 amide bonds. The van der Waals surface area contributed by atoms with E-state index in [1.54, 1.807) is 12.1 Å². The largest absolute Gasteiger partial charge is 0.393 e. The zero-order chi connectivity index (χ0) is 15.4. The normalized spacial score (nSPS) is 10.8. The van der Waals surface area contributed by atoms with Gasteiger partial charge in [0, 0.05) is 24.8 Å². The number of aryl methyl sites for hydroxylation is 1. The highest BCUT2D eigenvalue weighted by Gasteiger charge is 2.12. The number of nitrogens with zero attached hydrogens (tertiary/aromatic N) is 3. The number of benzene rings is 1. The van der Waals surface area contributed by atoms with Gasteiger partial charge in [0.1, 0.15) is 5.69 Å². The van der Waals surface area contributed by atoms with Crippen LogP contribution in [0.15, 0.2) is 36.4 Å². The second-order valence-electron chi connectivity index (χ2n) is 5.09. The molecule has 110 valence electrons. The highest BCUT2D eigenvalue weighted by Crippen LogP contribution is 2.22. The lowest BCUT2D eigenvalue weighted by molar-refractivity contribution is -0.383. The molecule has 1 heterocycles. The molecule has 21 heavy (non-hydrogen) atoms. The zero-order valence-electron chi connectivity index (χ0n) is 12.1. The SMILES string of the molecule is Cc1cccc(CN(C)Cc2ccc([N+](=O)[O-])c(N)c2)n1. The molecule has 0 unspecified atom stereocenters. The smallest absolute Gasteiger partial charge is 0.292 e. The fourth-order valence-corrected chi connectivity index (χ4v) is 2.20. The third-order valence-electron chi connectivity index (χ3n) is 3.12. The summed E-state index contributed by atoms with van der Waals surface area (Å²) < 4.78 is 0. The molecule has 6 nitrogen and oxygen atoms in total. The highest BCUT2D eigenvalue weighted by molar-refractivity contribution is 5.59. The predicted molar refractivity (Wildman–Crippen MR) is 81.7 cm³/mol. The summed E-state index contributed by atoms with van der Waals surface area (Å²) in [5.74, 6) is 0. The molecule has 6 heteroatoms. The van der Waals surface area contributed by atoms with Gasteiger partial charge in [-0.25, -0.2) is 0 Å². The summed E-state index contributed by atoms with van der Waals surface area (Å²) in [6, 6.07) is 10.7. The van der Waals surface area contributed by atoms with E-state index in [9.17, 15) is 10.1 Å². The van der Waals surface area contributed by atoms with Crippen molar-refractivity contribution in [2.24, 2.45) is 0 Å². The van der Waals surface area contributed by atoms with Crippen LogP contribution in [-0.2, 0) is 13.1 Å². The summed E-state index contributed by atoms with van der Waals surface area (Å²) in [5, 5.41) is 10.7.